The molecule has 0 fully saturated rings. The maximum absolute atomic E-state index is 12.3. The van der Waals surface area contributed by atoms with Crippen LogP contribution in [0.25, 0.3) is 0 Å². The third kappa shape index (κ3) is 1.65. The van der Waals surface area contributed by atoms with Crippen LogP contribution < -0.4 is 0 Å². The van der Waals surface area contributed by atoms with Crippen LogP contribution >= 0.6 is 0 Å². The summed E-state index contributed by atoms with van der Waals surface area (Å²) in [5, 5.41) is 0. The molecule has 1 aliphatic heterocycles. The molecule has 0 atom stereocenters. The number of imide groups is 1. The second-order valence-corrected chi connectivity index (χ2v) is 6.00. The van der Waals surface area contributed by atoms with Crippen molar-refractivity contribution in [1.82, 2.24) is 4.31 Å². The molecule has 0 radical (unpaired) electrons. The molecule has 6 heteroatoms. The lowest BCUT2D eigenvalue weighted by Gasteiger charge is -2.12. The second kappa shape index (κ2) is 4.28. The Hall–Kier alpha value is -2.47. The Morgan fingerprint density at radius 1 is 0.900 bits per heavy atom. The number of benzene rings is 2. The Balaban J connectivity index is 2.14. The molecule has 2 aromatic carbocycles. The van der Waals surface area contributed by atoms with Crippen molar-refractivity contribution >= 4 is 21.8 Å². The first-order valence-corrected chi connectivity index (χ1v) is 7.25. The van der Waals surface area contributed by atoms with Crippen LogP contribution in [-0.2, 0) is 10.0 Å². The van der Waals surface area contributed by atoms with Crippen LogP contribution in [0.4, 0.5) is 0 Å². The summed E-state index contributed by atoms with van der Waals surface area (Å²) in [5.41, 5.74) is 0.175. The summed E-state index contributed by atoms with van der Waals surface area (Å²) >= 11 is 0. The van der Waals surface area contributed by atoms with Crippen molar-refractivity contribution in [3.63, 3.8) is 0 Å². The summed E-state index contributed by atoms with van der Waals surface area (Å²) in [6.45, 7) is 0. The molecular weight excluding hydrogens is 278 g/mol. The molecule has 0 aliphatic carbocycles. The first-order valence-electron chi connectivity index (χ1n) is 5.81. The lowest BCUT2D eigenvalue weighted by Crippen LogP contribution is -2.36. The monoisotopic (exact) mass is 287 g/mol. The smallest absolute Gasteiger partial charge is 0.267 e. The average molecular weight is 287 g/mol. The van der Waals surface area contributed by atoms with Gasteiger partial charge < -0.3 is 0 Å². The molecule has 100 valence electrons. The number of fused-ring (bicyclic) bond motifs is 1. The highest BCUT2D eigenvalue weighted by molar-refractivity contribution is 7.90. The molecule has 0 saturated carbocycles. The van der Waals surface area contributed by atoms with E-state index in [1.54, 1.807) is 24.3 Å². The summed E-state index contributed by atoms with van der Waals surface area (Å²) in [7, 11) is -4.11. The van der Waals surface area contributed by atoms with Gasteiger partial charge in [-0.15, -0.1) is 0 Å². The standard InChI is InChI=1S/C14H9NO4S/c16-13(10-6-2-1-3-7-10)15-14(17)11-8-4-5-9-12(11)20(15,18)19/h1-9H. The zero-order chi connectivity index (χ0) is 14.3. The highest BCUT2D eigenvalue weighted by atomic mass is 32.2. The quantitative estimate of drug-likeness (QED) is 0.748. The number of sulfonamides is 1. The molecule has 0 N–H and O–H groups in total. The highest BCUT2D eigenvalue weighted by Crippen LogP contribution is 2.31. The first kappa shape index (κ1) is 12.6. The zero-order valence-electron chi connectivity index (χ0n) is 10.2. The highest BCUT2D eigenvalue weighted by Gasteiger charge is 2.45. The topological polar surface area (TPSA) is 71.5 Å². The van der Waals surface area contributed by atoms with Gasteiger partial charge in [0, 0.05) is 5.56 Å². The zero-order valence-corrected chi connectivity index (χ0v) is 11.0. The van der Waals surface area contributed by atoms with Crippen molar-refractivity contribution in [2.45, 2.75) is 4.90 Å². The normalized spacial score (nSPS) is 16.0. The van der Waals surface area contributed by atoms with E-state index in [0.717, 1.165) is 0 Å². The summed E-state index contributed by atoms with van der Waals surface area (Å²) in [6, 6.07) is 13.6. The van der Waals surface area contributed by atoms with Gasteiger partial charge in [-0.1, -0.05) is 30.3 Å². The Bertz CT molecular complexity index is 812. The van der Waals surface area contributed by atoms with Crippen LogP contribution in [0.5, 0.6) is 0 Å². The fourth-order valence-corrected chi connectivity index (χ4v) is 3.61. The largest absolute Gasteiger partial charge is 0.276 e. The molecule has 2 amide bonds. The van der Waals surface area contributed by atoms with E-state index in [2.05, 4.69) is 0 Å². The molecule has 0 aromatic heterocycles. The van der Waals surface area contributed by atoms with Gasteiger partial charge >= 0.3 is 0 Å². The third-order valence-corrected chi connectivity index (χ3v) is 4.75. The van der Waals surface area contributed by atoms with Gasteiger partial charge in [0.2, 0.25) is 0 Å². The van der Waals surface area contributed by atoms with E-state index in [1.807, 2.05) is 0 Å². The van der Waals surface area contributed by atoms with E-state index in [4.69, 9.17) is 0 Å². The molecule has 0 unspecified atom stereocenters. The molecule has 2 aromatic rings. The summed E-state index contributed by atoms with van der Waals surface area (Å²) in [4.78, 5) is 24.3. The van der Waals surface area contributed by atoms with Crippen LogP contribution in [0, 0.1) is 0 Å². The Morgan fingerprint density at radius 3 is 2.15 bits per heavy atom. The summed E-state index contributed by atoms with van der Waals surface area (Å²) in [6.07, 6.45) is 0. The fourth-order valence-electron chi connectivity index (χ4n) is 2.08. The molecule has 0 bridgehead atoms. The van der Waals surface area contributed by atoms with Gasteiger partial charge in [0.05, 0.1) is 5.56 Å². The average Bonchev–Trinajstić information content (AvgIpc) is 2.67. The lowest BCUT2D eigenvalue weighted by molar-refractivity contribution is 0.0740. The van der Waals surface area contributed by atoms with E-state index >= 15 is 0 Å². The van der Waals surface area contributed by atoms with Crippen molar-refractivity contribution in [3.05, 3.63) is 65.7 Å². The van der Waals surface area contributed by atoms with Crippen LogP contribution in [0.2, 0.25) is 0 Å². The van der Waals surface area contributed by atoms with Crippen LogP contribution in [0.1, 0.15) is 20.7 Å². The Labute approximate surface area is 115 Å². The molecule has 3 rings (SSSR count). The molecule has 0 spiro atoms. The number of carbonyl (C=O) groups excluding carboxylic acids is 2. The van der Waals surface area contributed by atoms with E-state index in [9.17, 15) is 18.0 Å². The van der Waals surface area contributed by atoms with Gasteiger partial charge in [-0.05, 0) is 24.3 Å². The number of carbonyl (C=O) groups is 2. The van der Waals surface area contributed by atoms with Crippen molar-refractivity contribution in [2.24, 2.45) is 0 Å². The SMILES string of the molecule is O=C(c1ccccc1)N1C(=O)c2ccccc2S1(=O)=O. The minimum Gasteiger partial charge on any atom is -0.267 e. The minimum atomic E-state index is -4.11. The lowest BCUT2D eigenvalue weighted by atomic mass is 10.2. The van der Waals surface area contributed by atoms with Crippen molar-refractivity contribution < 1.29 is 18.0 Å². The predicted molar refractivity (Wildman–Crippen MR) is 70.6 cm³/mol. The van der Waals surface area contributed by atoms with Crippen LogP contribution in [0.3, 0.4) is 0 Å². The Morgan fingerprint density at radius 2 is 1.50 bits per heavy atom. The third-order valence-electron chi connectivity index (χ3n) is 3.03. The molecule has 20 heavy (non-hydrogen) atoms. The van der Waals surface area contributed by atoms with Crippen LogP contribution in [0.15, 0.2) is 59.5 Å². The summed E-state index contributed by atoms with van der Waals surface area (Å²) in [5.74, 6) is -1.65. The first-order chi connectivity index (χ1) is 9.53. The molecule has 1 aliphatic rings. The number of rotatable bonds is 1. The van der Waals surface area contributed by atoms with E-state index in [1.165, 1.54) is 30.3 Å². The molecular formula is C14H9NO4S. The fraction of sp³-hybridized carbons (Fsp3) is 0. The van der Waals surface area contributed by atoms with Gasteiger partial charge in [-0.3, -0.25) is 9.59 Å². The molecule has 5 nitrogen and oxygen atoms in total. The minimum absolute atomic E-state index is 0.0248. The van der Waals surface area contributed by atoms with E-state index < -0.39 is 21.8 Å². The predicted octanol–water partition coefficient (Wildman–Crippen LogP) is 1.67. The van der Waals surface area contributed by atoms with E-state index in [-0.39, 0.29) is 16.0 Å². The van der Waals surface area contributed by atoms with E-state index in [0.29, 0.717) is 4.31 Å². The maximum Gasteiger partial charge on any atom is 0.276 e. The van der Waals surface area contributed by atoms with Gasteiger partial charge in [0.15, 0.2) is 0 Å². The second-order valence-electron chi connectivity index (χ2n) is 4.24. The van der Waals surface area contributed by atoms with Crippen molar-refractivity contribution in [1.29, 1.82) is 0 Å². The van der Waals surface area contributed by atoms with Crippen molar-refractivity contribution in [2.75, 3.05) is 0 Å². The van der Waals surface area contributed by atoms with Gasteiger partial charge in [0.25, 0.3) is 21.8 Å². The molecule has 0 saturated heterocycles. The number of amides is 2. The van der Waals surface area contributed by atoms with Gasteiger partial charge in [-0.25, -0.2) is 8.42 Å². The van der Waals surface area contributed by atoms with Gasteiger partial charge in [0.1, 0.15) is 4.90 Å². The number of hydrogen-bond donors (Lipinski definition) is 0. The summed E-state index contributed by atoms with van der Waals surface area (Å²) < 4.78 is 24.9. The number of hydrogen-bond acceptors (Lipinski definition) is 4. The van der Waals surface area contributed by atoms with Crippen LogP contribution in [-0.4, -0.2) is 24.5 Å². The van der Waals surface area contributed by atoms with Gasteiger partial charge in [-0.2, -0.15) is 4.31 Å². The Kier molecular flexibility index (Phi) is 2.69. The van der Waals surface area contributed by atoms with Crippen molar-refractivity contribution in [3.8, 4) is 0 Å². The number of nitrogens with zero attached hydrogens (tertiary/aromatic N) is 1. The maximum atomic E-state index is 12.3. The molecule has 1 heterocycles.